The number of unbranched alkanes of at least 4 members (excludes halogenated alkanes) is 2. The summed E-state index contributed by atoms with van der Waals surface area (Å²) in [5.41, 5.74) is 7.59. The average molecular weight is 301 g/mol. The van der Waals surface area contributed by atoms with Gasteiger partial charge < -0.3 is 19.8 Å². The van der Waals surface area contributed by atoms with E-state index in [0.717, 1.165) is 67.1 Å². The molecule has 1 aromatic carbocycles. The number of fused-ring (bicyclic) bond motifs is 2. The summed E-state index contributed by atoms with van der Waals surface area (Å²) in [6.07, 6.45) is 6.16. The van der Waals surface area contributed by atoms with E-state index in [1.807, 2.05) is 18.2 Å². The van der Waals surface area contributed by atoms with Crippen LogP contribution in [-0.4, -0.2) is 29.3 Å². The highest BCUT2D eigenvalue weighted by molar-refractivity contribution is 5.81. The molecule has 2 aromatic rings. The predicted molar refractivity (Wildman–Crippen MR) is 87.5 cm³/mol. The molecule has 1 aromatic heterocycles. The minimum absolute atomic E-state index is 0.595. The first-order chi connectivity index (χ1) is 10.8. The first-order valence-electron chi connectivity index (χ1n) is 7.93. The molecule has 1 aliphatic rings. The number of imidazole rings is 1. The van der Waals surface area contributed by atoms with E-state index in [9.17, 15) is 0 Å². The quantitative estimate of drug-likeness (QED) is 0.631. The molecule has 2 N–H and O–H groups in total. The summed E-state index contributed by atoms with van der Waals surface area (Å²) < 4.78 is 13.5. The van der Waals surface area contributed by atoms with Gasteiger partial charge in [-0.25, -0.2) is 4.98 Å². The van der Waals surface area contributed by atoms with Crippen molar-refractivity contribution in [1.82, 2.24) is 9.55 Å². The highest BCUT2D eigenvalue weighted by Crippen LogP contribution is 2.35. The van der Waals surface area contributed by atoms with E-state index in [1.54, 1.807) is 0 Å². The molecule has 0 unspecified atom stereocenters. The molecular weight excluding hydrogens is 278 g/mol. The Hall–Kier alpha value is -2.01. The maximum absolute atomic E-state index is 5.68. The highest BCUT2D eigenvalue weighted by Gasteiger charge is 2.17. The zero-order valence-electron chi connectivity index (χ0n) is 12.9. The van der Waals surface area contributed by atoms with Crippen molar-refractivity contribution >= 4 is 11.0 Å². The van der Waals surface area contributed by atoms with Crippen LogP contribution in [0.2, 0.25) is 0 Å². The molecule has 2 heterocycles. The maximum atomic E-state index is 5.68. The van der Waals surface area contributed by atoms with E-state index >= 15 is 0 Å². The van der Waals surface area contributed by atoms with Crippen LogP contribution >= 0.6 is 0 Å². The Kier molecular flexibility index (Phi) is 4.63. The number of hydrogen-bond donors (Lipinski definition) is 1. The first-order valence-corrected chi connectivity index (χ1v) is 7.93. The Bertz CT molecular complexity index is 663. The van der Waals surface area contributed by atoms with Gasteiger partial charge in [0.05, 0.1) is 11.0 Å². The topological polar surface area (TPSA) is 62.3 Å². The van der Waals surface area contributed by atoms with Gasteiger partial charge in [-0.2, -0.15) is 0 Å². The molecule has 118 valence electrons. The van der Waals surface area contributed by atoms with Crippen molar-refractivity contribution in [2.24, 2.45) is 5.73 Å². The van der Waals surface area contributed by atoms with Crippen molar-refractivity contribution in [3.05, 3.63) is 30.6 Å². The maximum Gasteiger partial charge on any atom is 0.163 e. The second-order valence-electron chi connectivity index (χ2n) is 5.51. The molecule has 0 amide bonds. The molecule has 0 aliphatic carbocycles. The van der Waals surface area contributed by atoms with Crippen molar-refractivity contribution in [2.75, 3.05) is 19.8 Å². The summed E-state index contributed by atoms with van der Waals surface area (Å²) in [7, 11) is 0. The van der Waals surface area contributed by atoms with Gasteiger partial charge in [0.1, 0.15) is 19.0 Å². The smallest absolute Gasteiger partial charge is 0.163 e. The molecule has 5 heteroatoms. The van der Waals surface area contributed by atoms with Crippen molar-refractivity contribution in [3.63, 3.8) is 0 Å². The summed E-state index contributed by atoms with van der Waals surface area (Å²) in [5.74, 6) is 2.68. The van der Waals surface area contributed by atoms with E-state index in [0.29, 0.717) is 13.2 Å². The summed E-state index contributed by atoms with van der Waals surface area (Å²) in [6, 6.07) is 4.01. The van der Waals surface area contributed by atoms with Gasteiger partial charge in [-0.05, 0) is 19.4 Å². The van der Waals surface area contributed by atoms with Gasteiger partial charge in [-0.15, -0.1) is 6.58 Å². The van der Waals surface area contributed by atoms with Crippen LogP contribution in [0, 0.1) is 0 Å². The summed E-state index contributed by atoms with van der Waals surface area (Å²) in [5, 5.41) is 0. The number of allylic oxidation sites excluding steroid dienone is 1. The van der Waals surface area contributed by atoms with Gasteiger partial charge >= 0.3 is 0 Å². The van der Waals surface area contributed by atoms with E-state index in [-0.39, 0.29) is 0 Å². The summed E-state index contributed by atoms with van der Waals surface area (Å²) in [4.78, 5) is 4.79. The Morgan fingerprint density at radius 2 is 1.95 bits per heavy atom. The van der Waals surface area contributed by atoms with Crippen LogP contribution in [0.15, 0.2) is 24.8 Å². The number of ether oxygens (including phenoxy) is 2. The minimum atomic E-state index is 0.595. The van der Waals surface area contributed by atoms with Crippen molar-refractivity contribution in [2.45, 2.75) is 32.2 Å². The molecule has 5 nitrogen and oxygen atoms in total. The van der Waals surface area contributed by atoms with Crippen LogP contribution in [0.5, 0.6) is 11.5 Å². The number of hydrogen-bond acceptors (Lipinski definition) is 4. The molecule has 1 aliphatic heterocycles. The van der Waals surface area contributed by atoms with Crippen LogP contribution in [0.4, 0.5) is 0 Å². The molecule has 22 heavy (non-hydrogen) atoms. The molecule has 0 spiro atoms. The third-order valence-electron chi connectivity index (χ3n) is 3.91. The molecule has 0 fully saturated rings. The van der Waals surface area contributed by atoms with Gasteiger partial charge in [0, 0.05) is 25.1 Å². The average Bonchev–Trinajstić information content (AvgIpc) is 2.87. The predicted octanol–water partition coefficient (Wildman–Crippen LogP) is 2.67. The van der Waals surface area contributed by atoms with Crippen molar-refractivity contribution in [1.29, 1.82) is 0 Å². The minimum Gasteiger partial charge on any atom is -0.486 e. The zero-order chi connectivity index (χ0) is 15.4. The van der Waals surface area contributed by atoms with E-state index in [4.69, 9.17) is 20.2 Å². The van der Waals surface area contributed by atoms with Gasteiger partial charge in [0.2, 0.25) is 0 Å². The van der Waals surface area contributed by atoms with E-state index in [1.165, 1.54) is 0 Å². The fourth-order valence-electron chi connectivity index (χ4n) is 2.84. The number of rotatable bonds is 7. The third-order valence-corrected chi connectivity index (χ3v) is 3.91. The SMILES string of the molecule is C=CCn1c(CCCCCN)nc2cc3c(cc21)OCCO3. The normalized spacial score (nSPS) is 13.5. The number of nitrogens with two attached hydrogens (primary N) is 1. The van der Waals surface area contributed by atoms with Crippen molar-refractivity contribution < 1.29 is 9.47 Å². The fraction of sp³-hybridized carbons (Fsp3) is 0.471. The Balaban J connectivity index is 1.93. The van der Waals surface area contributed by atoms with Crippen LogP contribution in [0.1, 0.15) is 25.1 Å². The van der Waals surface area contributed by atoms with Crippen LogP contribution in [-0.2, 0) is 13.0 Å². The lowest BCUT2D eigenvalue weighted by atomic mass is 10.2. The molecule has 0 saturated heterocycles. The molecule has 0 bridgehead atoms. The van der Waals surface area contributed by atoms with E-state index < -0.39 is 0 Å². The second kappa shape index (κ2) is 6.83. The Morgan fingerprint density at radius 1 is 1.18 bits per heavy atom. The largest absolute Gasteiger partial charge is 0.486 e. The number of aryl methyl sites for hydroxylation is 1. The monoisotopic (exact) mass is 301 g/mol. The summed E-state index contributed by atoms with van der Waals surface area (Å²) >= 11 is 0. The fourth-order valence-corrected chi connectivity index (χ4v) is 2.84. The molecule has 0 radical (unpaired) electrons. The number of nitrogens with zero attached hydrogens (tertiary/aromatic N) is 2. The lowest BCUT2D eigenvalue weighted by molar-refractivity contribution is 0.172. The van der Waals surface area contributed by atoms with Crippen LogP contribution in [0.25, 0.3) is 11.0 Å². The van der Waals surface area contributed by atoms with E-state index in [2.05, 4.69) is 11.1 Å². The van der Waals surface area contributed by atoms with Gasteiger partial charge in [0.25, 0.3) is 0 Å². The zero-order valence-corrected chi connectivity index (χ0v) is 12.9. The summed E-state index contributed by atoms with van der Waals surface area (Å²) in [6.45, 7) is 6.56. The Morgan fingerprint density at radius 3 is 2.68 bits per heavy atom. The van der Waals surface area contributed by atoms with Gasteiger partial charge in [0.15, 0.2) is 11.5 Å². The molecule has 0 saturated carbocycles. The molecular formula is C17H23N3O2. The highest BCUT2D eigenvalue weighted by atomic mass is 16.6. The Labute approximate surface area is 130 Å². The third kappa shape index (κ3) is 2.95. The van der Waals surface area contributed by atoms with Gasteiger partial charge in [-0.3, -0.25) is 0 Å². The van der Waals surface area contributed by atoms with Gasteiger partial charge in [-0.1, -0.05) is 12.5 Å². The lowest BCUT2D eigenvalue weighted by Gasteiger charge is -2.18. The van der Waals surface area contributed by atoms with Crippen LogP contribution in [0.3, 0.4) is 0 Å². The van der Waals surface area contributed by atoms with Crippen LogP contribution < -0.4 is 15.2 Å². The second-order valence-corrected chi connectivity index (χ2v) is 5.51. The molecule has 3 rings (SSSR count). The standard InChI is InChI=1S/C17H23N3O2/c1-2-8-20-14-12-16-15(21-9-10-22-16)11-13(14)19-17(20)6-4-3-5-7-18/h2,11-12H,1,3-10,18H2. The van der Waals surface area contributed by atoms with Crippen molar-refractivity contribution in [3.8, 4) is 11.5 Å². The lowest BCUT2D eigenvalue weighted by Crippen LogP contribution is -2.15. The number of benzene rings is 1. The molecule has 0 atom stereocenters. The first kappa shape index (κ1) is 14.9. The number of aromatic nitrogens is 2.